The predicted octanol–water partition coefficient (Wildman–Crippen LogP) is 6.99. The number of anilines is 2. The maximum atomic E-state index is 17.1. The lowest BCUT2D eigenvalue weighted by molar-refractivity contribution is 0.107. The molecule has 9 nitrogen and oxygen atoms in total. The number of alkyl halides is 3. The molecule has 0 aliphatic carbocycles. The fraction of sp³-hybridized carbons (Fsp3) is 0.438. The molecule has 0 bridgehead atoms. The minimum atomic E-state index is -2.88. The summed E-state index contributed by atoms with van der Waals surface area (Å²) in [6, 6.07) is 2.99. The highest BCUT2D eigenvalue weighted by atomic mass is 35.5. The number of nitrogens with two attached hydrogens (primary N) is 1. The first kappa shape index (κ1) is 32.4. The van der Waals surface area contributed by atoms with Crippen LogP contribution in [0.2, 0.25) is 5.02 Å². The molecule has 2 N–H and O–H groups in total. The molecule has 0 saturated carbocycles. The average Bonchev–Trinajstić information content (AvgIpc) is 3.67. The third kappa shape index (κ3) is 5.02. The number of halogens is 6. The third-order valence-corrected chi connectivity index (χ3v) is 10.9. The van der Waals surface area contributed by atoms with Gasteiger partial charge in [-0.25, -0.2) is 28.5 Å². The lowest BCUT2D eigenvalue weighted by atomic mass is 9.95. The molecule has 5 heterocycles. The van der Waals surface area contributed by atoms with Crippen LogP contribution in [0.15, 0.2) is 12.1 Å². The first-order valence-electron chi connectivity index (χ1n) is 15.2. The van der Waals surface area contributed by atoms with Gasteiger partial charge in [-0.1, -0.05) is 17.7 Å². The van der Waals surface area contributed by atoms with E-state index in [2.05, 4.69) is 14.8 Å². The highest BCUT2D eigenvalue weighted by molar-refractivity contribution is 7.23. The summed E-state index contributed by atoms with van der Waals surface area (Å²) in [5.41, 5.74) is 4.69. The number of nitrogen functional groups attached to an aromatic ring is 1. The number of thiophene rings is 1. The monoisotopic (exact) mass is 703 g/mol. The molecule has 2 aromatic heterocycles. The lowest BCUT2D eigenvalue weighted by Crippen LogP contribution is -2.48. The molecule has 7 rings (SSSR count). The maximum absolute atomic E-state index is 17.1. The van der Waals surface area contributed by atoms with Crippen molar-refractivity contribution >= 4 is 54.7 Å². The Bertz CT molecular complexity index is 2050. The van der Waals surface area contributed by atoms with Crippen LogP contribution in [0.3, 0.4) is 0 Å². The van der Waals surface area contributed by atoms with Gasteiger partial charge in [0.25, 0.3) is 6.43 Å². The number of aromatic nitrogens is 2. The summed E-state index contributed by atoms with van der Waals surface area (Å²) >= 11 is 7.75. The van der Waals surface area contributed by atoms with Crippen LogP contribution >= 0.6 is 22.9 Å². The zero-order valence-corrected chi connectivity index (χ0v) is 26.9. The van der Waals surface area contributed by atoms with E-state index < -0.39 is 54.0 Å². The number of hydrogen-bond acceptors (Lipinski definition) is 9. The van der Waals surface area contributed by atoms with E-state index in [0.717, 1.165) is 23.8 Å². The van der Waals surface area contributed by atoms with Crippen molar-refractivity contribution in [2.45, 2.75) is 56.5 Å². The summed E-state index contributed by atoms with van der Waals surface area (Å²) in [6.07, 6.45) is -3.14. The van der Waals surface area contributed by atoms with Crippen LogP contribution in [0.4, 0.5) is 32.8 Å². The largest absolute Gasteiger partial charge is 0.486 e. The summed E-state index contributed by atoms with van der Waals surface area (Å²) in [5, 5.41) is 9.52. The van der Waals surface area contributed by atoms with Crippen molar-refractivity contribution in [3.05, 3.63) is 45.8 Å². The smallest absolute Gasteiger partial charge is 0.319 e. The summed E-state index contributed by atoms with van der Waals surface area (Å²) < 4.78 is 87.2. The van der Waals surface area contributed by atoms with Gasteiger partial charge in [-0.05, 0) is 37.9 Å². The second-order valence-electron chi connectivity index (χ2n) is 12.3. The van der Waals surface area contributed by atoms with Crippen LogP contribution < -0.4 is 20.1 Å². The van der Waals surface area contributed by atoms with Crippen molar-refractivity contribution in [2.75, 3.05) is 43.4 Å². The molecular weight excluding hydrogens is 677 g/mol. The number of hydrogen-bond donors (Lipinski definition) is 1. The second-order valence-corrected chi connectivity index (χ2v) is 13.7. The Morgan fingerprint density at radius 3 is 2.83 bits per heavy atom. The van der Waals surface area contributed by atoms with E-state index >= 15 is 4.39 Å². The molecule has 4 aromatic rings. The molecular formula is C32H27ClF5N7O2S. The molecule has 2 fully saturated rings. The SMILES string of the molecule is [C-]#[N+]CC1C(C)Oc2c(Cl)c(-c3ccc(F)c4sc(N)c(C#N)c34)c(F)c3nc(OC[C@@]45CCCN4C[C@H](F)C5)nc(c23)N1CC(F)F. The molecule has 2 unspecified atom stereocenters. The topological polar surface area (TPSA) is 105 Å². The maximum Gasteiger partial charge on any atom is 0.319 e. The minimum absolute atomic E-state index is 0.00741. The van der Waals surface area contributed by atoms with Gasteiger partial charge in [-0.2, -0.15) is 15.2 Å². The molecule has 0 spiro atoms. The molecule has 0 radical (unpaired) electrons. The normalized spacial score (nSPS) is 23.7. The standard InChI is InChI=1S/C32H27ClF5N7O2S/c1-14-19(10-41-2)45(12-20(36)37)30-23-26(42-31(43-30)46-13-32-6-3-7-44(32)11-15(34)8-32)25(38)22(24(33)27(23)47-14)16-4-5-18(35)28-21(16)17(9-39)29(40)48-28/h4-5,14-15,19-20H,3,6-8,10-13,40H2,1H3/t14?,15-,19?,32+/m1/s1. The van der Waals surface area contributed by atoms with Crippen molar-refractivity contribution < 1.29 is 31.4 Å². The minimum Gasteiger partial charge on any atom is -0.486 e. The molecule has 2 saturated heterocycles. The second kappa shape index (κ2) is 12.1. The van der Waals surface area contributed by atoms with Gasteiger partial charge in [0, 0.05) is 23.9 Å². The van der Waals surface area contributed by atoms with Crippen LogP contribution in [0.5, 0.6) is 11.8 Å². The Morgan fingerprint density at radius 2 is 2.10 bits per heavy atom. The van der Waals surface area contributed by atoms with E-state index in [4.69, 9.17) is 33.4 Å². The summed E-state index contributed by atoms with van der Waals surface area (Å²) in [4.78, 5) is 15.5. The van der Waals surface area contributed by atoms with Crippen molar-refractivity contribution in [1.29, 1.82) is 5.26 Å². The van der Waals surface area contributed by atoms with Gasteiger partial charge in [-0.3, -0.25) is 4.90 Å². The number of nitriles is 1. The van der Waals surface area contributed by atoms with Crippen molar-refractivity contribution in [2.24, 2.45) is 0 Å². The Morgan fingerprint density at radius 1 is 1.31 bits per heavy atom. The Hall–Kier alpha value is -4.18. The van der Waals surface area contributed by atoms with Gasteiger partial charge in [0.1, 0.15) is 53.1 Å². The number of benzene rings is 2. The highest BCUT2D eigenvalue weighted by Gasteiger charge is 2.49. The van der Waals surface area contributed by atoms with Crippen LogP contribution in [-0.4, -0.2) is 77.9 Å². The summed E-state index contributed by atoms with van der Waals surface area (Å²) in [6.45, 7) is 8.87. The van der Waals surface area contributed by atoms with Crippen LogP contribution in [0.1, 0.15) is 31.7 Å². The van der Waals surface area contributed by atoms with Crippen molar-refractivity contribution in [3.8, 4) is 29.0 Å². The van der Waals surface area contributed by atoms with E-state index in [9.17, 15) is 22.8 Å². The molecule has 3 aliphatic rings. The molecule has 250 valence electrons. The zero-order valence-electron chi connectivity index (χ0n) is 25.4. The fourth-order valence-corrected chi connectivity index (χ4v) is 8.67. The van der Waals surface area contributed by atoms with Gasteiger partial charge >= 0.3 is 6.01 Å². The first-order chi connectivity index (χ1) is 23.0. The van der Waals surface area contributed by atoms with Crippen molar-refractivity contribution in [3.63, 3.8) is 0 Å². The first-order valence-corrected chi connectivity index (χ1v) is 16.4. The van der Waals surface area contributed by atoms with Gasteiger partial charge in [0.15, 0.2) is 11.6 Å². The Labute approximate surface area is 280 Å². The molecule has 2 aromatic carbocycles. The van der Waals surface area contributed by atoms with Crippen LogP contribution in [0, 0.1) is 29.5 Å². The van der Waals surface area contributed by atoms with Gasteiger partial charge in [0.2, 0.25) is 6.54 Å². The molecule has 4 atom stereocenters. The summed E-state index contributed by atoms with van der Waals surface area (Å²) in [5.74, 6) is -2.02. The number of fused-ring (bicyclic) bond motifs is 2. The van der Waals surface area contributed by atoms with E-state index in [1.54, 1.807) is 6.92 Å². The summed E-state index contributed by atoms with van der Waals surface area (Å²) in [7, 11) is 0. The highest BCUT2D eigenvalue weighted by Crippen LogP contribution is 2.52. The van der Waals surface area contributed by atoms with Crippen LogP contribution in [-0.2, 0) is 0 Å². The fourth-order valence-electron chi connectivity index (χ4n) is 7.40. The molecule has 0 amide bonds. The van der Waals surface area contributed by atoms with Gasteiger partial charge < -0.3 is 25.0 Å². The predicted molar refractivity (Wildman–Crippen MR) is 172 cm³/mol. The van der Waals surface area contributed by atoms with E-state index in [1.807, 2.05) is 11.0 Å². The average molecular weight is 704 g/mol. The third-order valence-electron chi connectivity index (χ3n) is 9.50. The lowest BCUT2D eigenvalue weighted by Gasteiger charge is -2.32. The molecule has 48 heavy (non-hydrogen) atoms. The van der Waals surface area contributed by atoms with E-state index in [1.165, 1.54) is 11.0 Å². The van der Waals surface area contributed by atoms with Crippen molar-refractivity contribution in [1.82, 2.24) is 14.9 Å². The van der Waals surface area contributed by atoms with Crippen LogP contribution in [0.25, 0.3) is 37.0 Å². The van der Waals surface area contributed by atoms with E-state index in [0.29, 0.717) is 13.0 Å². The Balaban J connectivity index is 1.49. The van der Waals surface area contributed by atoms with E-state index in [-0.39, 0.29) is 85.9 Å². The number of rotatable bonds is 7. The molecule has 16 heteroatoms. The zero-order chi connectivity index (χ0) is 34.1. The quantitative estimate of drug-likeness (QED) is 0.162. The number of nitrogens with zero attached hydrogens (tertiary/aromatic N) is 6. The van der Waals surface area contributed by atoms with Gasteiger partial charge in [-0.15, -0.1) is 11.3 Å². The molecule has 3 aliphatic heterocycles. The number of ether oxygens (including phenoxy) is 2. The Kier molecular flexibility index (Phi) is 8.13. The van der Waals surface area contributed by atoms with Gasteiger partial charge in [0.05, 0.1) is 32.8 Å².